The quantitative estimate of drug-likeness (QED) is 0.236. The molecular formula is C31H34N4OS2. The number of hydrogen-bond donors (Lipinski definition) is 1. The molecule has 0 saturated carbocycles. The molecule has 7 heteroatoms. The molecule has 0 bridgehead atoms. The number of nitrogens with zero attached hydrogens (tertiary/aromatic N) is 3. The second kappa shape index (κ2) is 13.6. The maximum atomic E-state index is 13.6. The number of anilines is 1. The summed E-state index contributed by atoms with van der Waals surface area (Å²) in [6, 6.07) is 31.2. The average Bonchev–Trinajstić information content (AvgIpc) is 3.45. The highest BCUT2D eigenvalue weighted by Gasteiger charge is 2.21. The van der Waals surface area contributed by atoms with Crippen molar-refractivity contribution >= 4 is 34.3 Å². The molecule has 2 amide bonds. The zero-order valence-corrected chi connectivity index (χ0v) is 23.2. The van der Waals surface area contributed by atoms with Crippen LogP contribution in [-0.2, 0) is 0 Å². The summed E-state index contributed by atoms with van der Waals surface area (Å²) in [4.78, 5) is 22.7. The minimum Gasteiger partial charge on any atom is -0.323 e. The number of rotatable bonds is 10. The van der Waals surface area contributed by atoms with E-state index in [1.165, 1.54) is 22.5 Å². The van der Waals surface area contributed by atoms with E-state index in [-0.39, 0.29) is 11.9 Å². The van der Waals surface area contributed by atoms with Crippen LogP contribution in [0.2, 0.25) is 0 Å². The van der Waals surface area contributed by atoms with Crippen LogP contribution in [0, 0.1) is 0 Å². The number of thiazole rings is 1. The summed E-state index contributed by atoms with van der Waals surface area (Å²) in [6.45, 7) is 4.43. The highest BCUT2D eigenvalue weighted by atomic mass is 32.2. The standard InChI is InChI=1S/C31H34N4OS2/c36-31(33-30-32-29(24-38-30)27-14-8-3-9-15-27)35(19-18-34-20-22-37-23-21-34)17-16-28(25-10-4-1-5-11-25)26-12-6-2-7-13-26/h1-15,24,28H,16-23H2,(H,32,33,36). The summed E-state index contributed by atoms with van der Waals surface area (Å²) >= 11 is 3.48. The molecule has 0 unspecified atom stereocenters. The van der Waals surface area contributed by atoms with E-state index >= 15 is 0 Å². The minimum absolute atomic E-state index is 0.0785. The number of nitrogens with one attached hydrogen (secondary N) is 1. The van der Waals surface area contributed by atoms with Gasteiger partial charge in [0.05, 0.1) is 5.69 Å². The molecule has 0 aliphatic carbocycles. The molecule has 0 spiro atoms. The number of hydrogen-bond acceptors (Lipinski definition) is 5. The van der Waals surface area contributed by atoms with Crippen LogP contribution in [-0.4, -0.2) is 65.0 Å². The van der Waals surface area contributed by atoms with Gasteiger partial charge in [0, 0.05) is 61.1 Å². The molecule has 3 aromatic carbocycles. The fourth-order valence-corrected chi connectivity index (χ4v) is 6.51. The van der Waals surface area contributed by atoms with Gasteiger partial charge in [-0.15, -0.1) is 11.3 Å². The minimum atomic E-state index is -0.0785. The van der Waals surface area contributed by atoms with Gasteiger partial charge < -0.3 is 4.90 Å². The van der Waals surface area contributed by atoms with Crippen molar-refractivity contribution in [3.8, 4) is 11.3 Å². The van der Waals surface area contributed by atoms with Crippen molar-refractivity contribution in [1.82, 2.24) is 14.8 Å². The predicted molar refractivity (Wildman–Crippen MR) is 161 cm³/mol. The van der Waals surface area contributed by atoms with Gasteiger partial charge in [-0.2, -0.15) is 11.8 Å². The van der Waals surface area contributed by atoms with Crippen molar-refractivity contribution in [2.24, 2.45) is 0 Å². The number of benzene rings is 3. The van der Waals surface area contributed by atoms with Crippen molar-refractivity contribution < 1.29 is 4.79 Å². The smallest absolute Gasteiger partial charge is 0.323 e. The first-order valence-electron chi connectivity index (χ1n) is 13.2. The Balaban J connectivity index is 1.30. The molecule has 5 nitrogen and oxygen atoms in total. The second-order valence-corrected chi connectivity index (χ2v) is 11.5. The van der Waals surface area contributed by atoms with Crippen LogP contribution in [0.15, 0.2) is 96.4 Å². The van der Waals surface area contributed by atoms with Gasteiger partial charge in [-0.3, -0.25) is 10.2 Å². The van der Waals surface area contributed by atoms with Gasteiger partial charge in [-0.25, -0.2) is 9.78 Å². The van der Waals surface area contributed by atoms with Gasteiger partial charge >= 0.3 is 6.03 Å². The van der Waals surface area contributed by atoms with Gasteiger partial charge in [0.25, 0.3) is 0 Å². The summed E-state index contributed by atoms with van der Waals surface area (Å²) in [5.41, 5.74) is 4.49. The van der Waals surface area contributed by atoms with Crippen molar-refractivity contribution in [1.29, 1.82) is 0 Å². The molecule has 0 radical (unpaired) electrons. The topological polar surface area (TPSA) is 48.5 Å². The number of thioether (sulfide) groups is 1. The van der Waals surface area contributed by atoms with E-state index in [2.05, 4.69) is 75.9 Å². The number of aromatic nitrogens is 1. The lowest BCUT2D eigenvalue weighted by atomic mass is 9.88. The number of urea groups is 1. The first-order valence-corrected chi connectivity index (χ1v) is 15.3. The van der Waals surface area contributed by atoms with E-state index in [1.807, 2.05) is 52.4 Å². The third-order valence-electron chi connectivity index (χ3n) is 6.96. The summed E-state index contributed by atoms with van der Waals surface area (Å²) in [7, 11) is 0. The van der Waals surface area contributed by atoms with E-state index in [9.17, 15) is 4.79 Å². The van der Waals surface area contributed by atoms with Crippen LogP contribution in [0.25, 0.3) is 11.3 Å². The fourth-order valence-electron chi connectivity index (χ4n) is 4.83. The Morgan fingerprint density at radius 2 is 1.47 bits per heavy atom. The third-order valence-corrected chi connectivity index (χ3v) is 8.66. The molecular weight excluding hydrogens is 509 g/mol. The normalized spacial score (nSPS) is 13.9. The molecule has 2 heterocycles. The van der Waals surface area contributed by atoms with Crippen molar-refractivity contribution in [2.75, 3.05) is 49.5 Å². The molecule has 1 N–H and O–H groups in total. The molecule has 4 aromatic rings. The lowest BCUT2D eigenvalue weighted by Crippen LogP contribution is -2.43. The van der Waals surface area contributed by atoms with Crippen molar-refractivity contribution in [3.05, 3.63) is 108 Å². The molecule has 1 aliphatic rings. The second-order valence-electron chi connectivity index (χ2n) is 9.44. The van der Waals surface area contributed by atoms with Crippen molar-refractivity contribution in [3.63, 3.8) is 0 Å². The highest BCUT2D eigenvalue weighted by molar-refractivity contribution is 7.99. The van der Waals surface area contributed by atoms with Crippen molar-refractivity contribution in [2.45, 2.75) is 12.3 Å². The van der Waals surface area contributed by atoms with Crippen LogP contribution in [0.3, 0.4) is 0 Å². The zero-order valence-electron chi connectivity index (χ0n) is 21.5. The summed E-state index contributed by atoms with van der Waals surface area (Å²) in [6.07, 6.45) is 0.852. The van der Waals surface area contributed by atoms with Crippen LogP contribution >= 0.6 is 23.1 Å². The lowest BCUT2D eigenvalue weighted by molar-refractivity contribution is 0.195. The number of amides is 2. The van der Waals surface area contributed by atoms with Crippen LogP contribution < -0.4 is 5.32 Å². The fraction of sp³-hybridized carbons (Fsp3) is 0.290. The van der Waals surface area contributed by atoms with Gasteiger partial charge in [-0.05, 0) is 17.5 Å². The number of carbonyl (C=O) groups excluding carboxylic acids is 1. The first kappa shape index (κ1) is 26.5. The summed E-state index contributed by atoms with van der Waals surface area (Å²) < 4.78 is 0. The van der Waals surface area contributed by atoms with E-state index in [1.54, 1.807) is 0 Å². The van der Waals surface area contributed by atoms with Gasteiger partial charge in [-0.1, -0.05) is 91.0 Å². The molecule has 1 aromatic heterocycles. The zero-order chi connectivity index (χ0) is 26.0. The Bertz CT molecular complexity index is 1220. The maximum Gasteiger partial charge on any atom is 0.323 e. The molecule has 1 aliphatic heterocycles. The Kier molecular flexibility index (Phi) is 9.48. The SMILES string of the molecule is O=C(Nc1nc(-c2ccccc2)cs1)N(CCC(c1ccccc1)c1ccccc1)CCN1CCSCC1. The van der Waals surface area contributed by atoms with E-state index in [4.69, 9.17) is 0 Å². The van der Waals surface area contributed by atoms with Crippen LogP contribution in [0.5, 0.6) is 0 Å². The van der Waals surface area contributed by atoms with E-state index in [0.29, 0.717) is 18.2 Å². The largest absolute Gasteiger partial charge is 0.323 e. The van der Waals surface area contributed by atoms with Gasteiger partial charge in [0.15, 0.2) is 5.13 Å². The lowest BCUT2D eigenvalue weighted by Gasteiger charge is -2.30. The molecule has 38 heavy (non-hydrogen) atoms. The Hall–Kier alpha value is -3.13. The predicted octanol–water partition coefficient (Wildman–Crippen LogP) is 6.92. The van der Waals surface area contributed by atoms with E-state index in [0.717, 1.165) is 48.8 Å². The average molecular weight is 543 g/mol. The third kappa shape index (κ3) is 7.25. The summed E-state index contributed by atoms with van der Waals surface area (Å²) in [5, 5.41) is 5.73. The molecule has 0 atom stereocenters. The highest BCUT2D eigenvalue weighted by Crippen LogP contribution is 2.29. The Labute approximate surface area is 233 Å². The molecule has 1 fully saturated rings. The first-order chi connectivity index (χ1) is 18.8. The van der Waals surface area contributed by atoms with Gasteiger partial charge in [0.1, 0.15) is 0 Å². The monoisotopic (exact) mass is 542 g/mol. The molecule has 1 saturated heterocycles. The molecule has 5 rings (SSSR count). The van der Waals surface area contributed by atoms with Gasteiger partial charge in [0.2, 0.25) is 0 Å². The number of carbonyl (C=O) groups is 1. The van der Waals surface area contributed by atoms with Crippen LogP contribution in [0.4, 0.5) is 9.93 Å². The van der Waals surface area contributed by atoms with E-state index < -0.39 is 0 Å². The Morgan fingerprint density at radius 1 is 0.868 bits per heavy atom. The summed E-state index contributed by atoms with van der Waals surface area (Å²) in [5.74, 6) is 2.55. The Morgan fingerprint density at radius 3 is 2.11 bits per heavy atom. The maximum absolute atomic E-state index is 13.6. The van der Waals surface area contributed by atoms with Crippen LogP contribution in [0.1, 0.15) is 23.5 Å². The molecule has 196 valence electrons.